The van der Waals surface area contributed by atoms with E-state index < -0.39 is 23.8 Å². The van der Waals surface area contributed by atoms with Crippen LogP contribution in [0.25, 0.3) is 0 Å². The first-order valence-corrected chi connectivity index (χ1v) is 16.9. The van der Waals surface area contributed by atoms with Crippen molar-refractivity contribution in [2.45, 2.75) is 71.8 Å². The summed E-state index contributed by atoms with van der Waals surface area (Å²) in [4.78, 5) is 39.7. The molecule has 3 atom stereocenters. The Morgan fingerprint density at radius 3 is 2.30 bits per heavy atom. The van der Waals surface area contributed by atoms with Crippen LogP contribution < -0.4 is 20.9 Å². The summed E-state index contributed by atoms with van der Waals surface area (Å²) in [6.45, 7) is 12.4. The summed E-state index contributed by atoms with van der Waals surface area (Å²) < 4.78 is 27.9. The van der Waals surface area contributed by atoms with E-state index in [-0.39, 0.29) is 24.0 Å². The van der Waals surface area contributed by atoms with E-state index in [1.54, 1.807) is 5.48 Å². The molecule has 0 aromatic heterocycles. The van der Waals surface area contributed by atoms with Crippen molar-refractivity contribution in [3.05, 3.63) is 29.8 Å². The van der Waals surface area contributed by atoms with E-state index in [0.717, 1.165) is 38.3 Å². The summed E-state index contributed by atoms with van der Waals surface area (Å²) in [5.74, 6) is -1.71. The van der Waals surface area contributed by atoms with Gasteiger partial charge >= 0.3 is 0 Å². The van der Waals surface area contributed by atoms with Gasteiger partial charge < -0.3 is 34.3 Å². The van der Waals surface area contributed by atoms with E-state index in [1.807, 2.05) is 45.0 Å². The molecule has 0 unspecified atom stereocenters. The number of carbonyl (C=O) groups excluding carboxylic acids is 3. The van der Waals surface area contributed by atoms with E-state index in [4.69, 9.17) is 23.7 Å². The minimum Gasteiger partial charge on any atom is -0.494 e. The highest BCUT2D eigenvalue weighted by Gasteiger charge is 2.35. The Bertz CT molecular complexity index is 977. The van der Waals surface area contributed by atoms with Gasteiger partial charge in [0.05, 0.1) is 51.6 Å². The molecule has 1 aromatic rings. The Labute approximate surface area is 274 Å². The first-order chi connectivity index (χ1) is 22.3. The second-order valence-corrected chi connectivity index (χ2v) is 11.9. The summed E-state index contributed by atoms with van der Waals surface area (Å²) in [6.07, 6.45) is 3.36. The molecule has 2 amide bonds. The van der Waals surface area contributed by atoms with Crippen LogP contribution in [0, 0.1) is 17.8 Å². The van der Waals surface area contributed by atoms with Crippen molar-refractivity contribution in [3.63, 3.8) is 0 Å². The molecule has 0 fully saturated rings. The number of Topliss-reactive ketones (excluding diaryl/α,β-unsaturated/α-hetero) is 1. The summed E-state index contributed by atoms with van der Waals surface area (Å²) in [5.41, 5.74) is 2.62. The minimum atomic E-state index is -0.761. The summed E-state index contributed by atoms with van der Waals surface area (Å²) in [7, 11) is 0. The van der Waals surface area contributed by atoms with Gasteiger partial charge in [0.1, 0.15) is 5.75 Å². The molecule has 0 saturated carbocycles. The smallest absolute Gasteiger partial charge is 0.247 e. The molecule has 2 heterocycles. The number of carbonyl (C=O) groups is 3. The lowest BCUT2D eigenvalue weighted by atomic mass is 9.81. The maximum Gasteiger partial charge on any atom is 0.247 e. The second kappa shape index (κ2) is 24.5. The van der Waals surface area contributed by atoms with Gasteiger partial charge in [0.15, 0.2) is 5.78 Å². The molecule has 2 bridgehead atoms. The van der Waals surface area contributed by atoms with Crippen LogP contribution >= 0.6 is 0 Å². The Kier molecular flexibility index (Phi) is 21.1. The Balaban J connectivity index is 1.79. The van der Waals surface area contributed by atoms with Gasteiger partial charge in [0.2, 0.25) is 11.8 Å². The van der Waals surface area contributed by atoms with Crippen molar-refractivity contribution < 1.29 is 43.3 Å². The average Bonchev–Trinajstić information content (AvgIpc) is 3.04. The van der Waals surface area contributed by atoms with Crippen LogP contribution in [0.4, 0.5) is 0 Å². The van der Waals surface area contributed by atoms with Crippen molar-refractivity contribution in [2.24, 2.45) is 17.8 Å². The second-order valence-electron chi connectivity index (χ2n) is 11.9. The Hall–Kier alpha value is -2.61. The number of hydrogen-bond acceptors (Lipinski definition) is 10. The van der Waals surface area contributed by atoms with Crippen LogP contribution in [0.1, 0.15) is 64.9 Å². The number of nitrogens with one attached hydrogen (secondary N) is 3. The summed E-state index contributed by atoms with van der Waals surface area (Å²) >= 11 is 0. The molecular weight excluding hydrogens is 594 g/mol. The number of hydroxylamine groups is 1. The van der Waals surface area contributed by atoms with E-state index >= 15 is 0 Å². The van der Waals surface area contributed by atoms with Crippen LogP contribution in [0.5, 0.6) is 5.75 Å². The fourth-order valence-electron chi connectivity index (χ4n) is 5.31. The molecule has 262 valence electrons. The fourth-order valence-corrected chi connectivity index (χ4v) is 5.31. The number of amides is 2. The van der Waals surface area contributed by atoms with Crippen molar-refractivity contribution in [3.8, 4) is 5.75 Å². The van der Waals surface area contributed by atoms with Gasteiger partial charge in [-0.05, 0) is 75.6 Å². The number of fused-ring (bicyclic) bond motifs is 11. The number of ether oxygens (including phenoxy) is 5. The first kappa shape index (κ1) is 39.6. The molecule has 3 rings (SSSR count). The van der Waals surface area contributed by atoms with Gasteiger partial charge in [0, 0.05) is 38.7 Å². The third-order valence-corrected chi connectivity index (χ3v) is 7.72. The zero-order chi connectivity index (χ0) is 33.4. The minimum absolute atomic E-state index is 0.104. The standard InChI is InChI=1S/C34H57N3O9/c1-4-42-17-7-14-35-15-19-44-21-23-45-22-20-43-16-6-9-32(38)31-25-27-10-12-28(13-11-27)46-18-5-8-29(34(40)37-41)30(24-26(2)3)33(39)36-31/h10-13,26,29-31,35,41H,4-9,14-25H2,1-3H3,(H,36,39)(H,37,40)/t29-,30+,31-/m0/s1. The molecule has 46 heavy (non-hydrogen) atoms. The quantitative estimate of drug-likeness (QED) is 0.0836. The topological polar surface area (TPSA) is 154 Å². The Morgan fingerprint density at radius 2 is 1.63 bits per heavy atom. The zero-order valence-electron chi connectivity index (χ0n) is 28.1. The molecule has 0 spiro atoms. The van der Waals surface area contributed by atoms with Crippen LogP contribution in [0.2, 0.25) is 0 Å². The van der Waals surface area contributed by atoms with Crippen molar-refractivity contribution in [2.75, 3.05) is 72.6 Å². The monoisotopic (exact) mass is 651 g/mol. The number of benzene rings is 1. The van der Waals surface area contributed by atoms with E-state index in [0.29, 0.717) is 84.1 Å². The predicted octanol–water partition coefficient (Wildman–Crippen LogP) is 3.09. The van der Waals surface area contributed by atoms with Gasteiger partial charge in [-0.25, -0.2) is 5.48 Å². The van der Waals surface area contributed by atoms with E-state index in [9.17, 15) is 19.6 Å². The molecule has 0 saturated heterocycles. The maximum absolute atomic E-state index is 13.6. The molecule has 2 aliphatic rings. The molecule has 1 aromatic carbocycles. The maximum atomic E-state index is 13.6. The number of ketones is 1. The van der Waals surface area contributed by atoms with Crippen molar-refractivity contribution in [1.82, 2.24) is 16.1 Å². The molecule has 0 aliphatic carbocycles. The lowest BCUT2D eigenvalue weighted by Crippen LogP contribution is -2.49. The molecule has 12 heteroatoms. The van der Waals surface area contributed by atoms with Gasteiger partial charge in [-0.1, -0.05) is 26.0 Å². The van der Waals surface area contributed by atoms with Crippen LogP contribution in [0.15, 0.2) is 24.3 Å². The third-order valence-electron chi connectivity index (χ3n) is 7.72. The summed E-state index contributed by atoms with van der Waals surface area (Å²) in [6, 6.07) is 6.73. The summed E-state index contributed by atoms with van der Waals surface area (Å²) in [5, 5.41) is 15.7. The lowest BCUT2D eigenvalue weighted by molar-refractivity contribution is -0.142. The first-order valence-electron chi connectivity index (χ1n) is 16.9. The highest BCUT2D eigenvalue weighted by molar-refractivity contribution is 5.92. The highest BCUT2D eigenvalue weighted by atomic mass is 16.5. The normalized spacial score (nSPS) is 19.0. The number of hydrogen-bond donors (Lipinski definition) is 4. The SMILES string of the molecule is CCOCCCNCCOCCOCCOCCCC(=O)[C@@H]1Cc2ccc(cc2)OCCC[C@H](C(=O)NO)[C@@H](CC(C)C)C(=O)N1. The van der Waals surface area contributed by atoms with Crippen LogP contribution in [0.3, 0.4) is 0 Å². The van der Waals surface area contributed by atoms with Gasteiger partial charge in [-0.3, -0.25) is 19.6 Å². The number of rotatable bonds is 22. The molecule has 0 radical (unpaired) electrons. The lowest BCUT2D eigenvalue weighted by Gasteiger charge is -2.29. The molecule has 4 N–H and O–H groups in total. The largest absolute Gasteiger partial charge is 0.494 e. The van der Waals surface area contributed by atoms with E-state index in [2.05, 4.69) is 10.6 Å². The zero-order valence-corrected chi connectivity index (χ0v) is 28.1. The molecule has 12 nitrogen and oxygen atoms in total. The Morgan fingerprint density at radius 1 is 0.957 bits per heavy atom. The third kappa shape index (κ3) is 16.8. The molecular formula is C34H57N3O9. The fraction of sp³-hybridized carbons (Fsp3) is 0.735. The van der Waals surface area contributed by atoms with Crippen LogP contribution in [-0.4, -0.2) is 101 Å². The van der Waals surface area contributed by atoms with E-state index in [1.165, 1.54) is 0 Å². The molecule has 2 aliphatic heterocycles. The van der Waals surface area contributed by atoms with Crippen molar-refractivity contribution in [1.29, 1.82) is 0 Å². The van der Waals surface area contributed by atoms with Crippen molar-refractivity contribution >= 4 is 17.6 Å². The van der Waals surface area contributed by atoms with Gasteiger partial charge in [-0.2, -0.15) is 0 Å². The predicted molar refractivity (Wildman–Crippen MR) is 174 cm³/mol. The van der Waals surface area contributed by atoms with Gasteiger partial charge in [-0.15, -0.1) is 0 Å². The van der Waals surface area contributed by atoms with Gasteiger partial charge in [0.25, 0.3) is 0 Å². The van der Waals surface area contributed by atoms with Crippen LogP contribution in [-0.2, 0) is 39.8 Å². The average molecular weight is 652 g/mol. The highest BCUT2D eigenvalue weighted by Crippen LogP contribution is 2.27.